The molecule has 0 saturated carbocycles. The maximum Gasteiger partial charge on any atom is 0.101 e. The highest BCUT2D eigenvalue weighted by Gasteiger charge is 2.06. The predicted octanol–water partition coefficient (Wildman–Crippen LogP) is 4.45. The lowest BCUT2D eigenvalue weighted by atomic mass is 10.0. The summed E-state index contributed by atoms with van der Waals surface area (Å²) in [6.07, 6.45) is 5.00. The lowest BCUT2D eigenvalue weighted by molar-refractivity contribution is 0.958. The van der Waals surface area contributed by atoms with Crippen LogP contribution in [0.25, 0.3) is 16.3 Å². The van der Waals surface area contributed by atoms with E-state index < -0.39 is 0 Å². The monoisotopic (exact) mass is 299 g/mol. The van der Waals surface area contributed by atoms with Gasteiger partial charge in [0, 0.05) is 24.9 Å². The predicted molar refractivity (Wildman–Crippen MR) is 95.8 cm³/mol. The number of benzene rings is 2. The molecule has 23 heavy (non-hydrogen) atoms. The van der Waals surface area contributed by atoms with Gasteiger partial charge in [-0.05, 0) is 34.5 Å². The fourth-order valence-electron chi connectivity index (χ4n) is 2.44. The average molecular weight is 299 g/mol. The van der Waals surface area contributed by atoms with Crippen LogP contribution < -0.4 is 4.90 Å². The second kappa shape index (κ2) is 7.64. The lowest BCUT2D eigenvalue weighted by Crippen LogP contribution is -2.22. The van der Waals surface area contributed by atoms with Crippen LogP contribution in [0.15, 0.2) is 67.8 Å². The van der Waals surface area contributed by atoms with E-state index in [4.69, 9.17) is 10.5 Å². The molecule has 0 aliphatic carbocycles. The first-order valence-corrected chi connectivity index (χ1v) is 7.24. The van der Waals surface area contributed by atoms with Gasteiger partial charge >= 0.3 is 0 Å². The highest BCUT2D eigenvalue weighted by molar-refractivity contribution is 5.91. The largest absolute Gasteiger partial charge is 0.364 e. The third-order valence-corrected chi connectivity index (χ3v) is 3.53. The van der Waals surface area contributed by atoms with Crippen molar-refractivity contribution in [2.24, 2.45) is 0 Å². The summed E-state index contributed by atoms with van der Waals surface area (Å²) < 4.78 is 0. The molecule has 2 rings (SSSR count). The number of nitrogens with zero attached hydrogens (tertiary/aromatic N) is 3. The zero-order valence-electron chi connectivity index (χ0n) is 12.9. The van der Waals surface area contributed by atoms with Gasteiger partial charge in [0.25, 0.3) is 0 Å². The summed E-state index contributed by atoms with van der Waals surface area (Å²) in [6, 6.07) is 15.9. The van der Waals surface area contributed by atoms with E-state index in [1.165, 1.54) is 6.08 Å². The summed E-state index contributed by atoms with van der Waals surface area (Å²) in [6.45, 7) is 9.08. The normalized spacial score (nSPS) is 10.6. The van der Waals surface area contributed by atoms with Crippen LogP contribution in [0.4, 0.5) is 5.69 Å². The molecule has 0 N–H and O–H groups in total. The third-order valence-electron chi connectivity index (χ3n) is 3.53. The number of nitriles is 2. The fraction of sp³-hybridized carbons (Fsp3) is 0.100. The van der Waals surface area contributed by atoms with Crippen LogP contribution in [-0.4, -0.2) is 13.1 Å². The standard InChI is InChI=1S/C20H17N3/c1-3-11-23(12-4-2)20-8-7-16-13-17(5-6-18(16)14-20)19(15-22)9-10-21/h3-9,13-14H,1-2,11-12H2/b19-9+. The molecule has 112 valence electrons. The Morgan fingerprint density at radius 1 is 1.00 bits per heavy atom. The van der Waals surface area contributed by atoms with Crippen molar-refractivity contribution in [2.45, 2.75) is 0 Å². The van der Waals surface area contributed by atoms with E-state index in [0.29, 0.717) is 5.57 Å². The second-order valence-electron chi connectivity index (χ2n) is 5.03. The van der Waals surface area contributed by atoms with Crippen molar-refractivity contribution in [2.75, 3.05) is 18.0 Å². The maximum atomic E-state index is 9.12. The molecule has 0 aromatic heterocycles. The molecule has 0 unspecified atom stereocenters. The Balaban J connectivity index is 2.45. The van der Waals surface area contributed by atoms with Crippen molar-refractivity contribution in [3.8, 4) is 12.1 Å². The van der Waals surface area contributed by atoms with Crippen LogP contribution in [-0.2, 0) is 0 Å². The van der Waals surface area contributed by atoms with Gasteiger partial charge in [0.15, 0.2) is 0 Å². The molecule has 0 aliphatic heterocycles. The summed E-state index contributed by atoms with van der Waals surface area (Å²) in [5.74, 6) is 0. The fourth-order valence-corrected chi connectivity index (χ4v) is 2.44. The van der Waals surface area contributed by atoms with E-state index in [1.54, 1.807) is 0 Å². The smallest absolute Gasteiger partial charge is 0.101 e. The summed E-state index contributed by atoms with van der Waals surface area (Å²) in [7, 11) is 0. The Hall–Kier alpha value is -3.30. The van der Waals surface area contributed by atoms with Crippen LogP contribution in [0.5, 0.6) is 0 Å². The number of fused-ring (bicyclic) bond motifs is 1. The highest BCUT2D eigenvalue weighted by atomic mass is 15.1. The minimum atomic E-state index is 0.374. The van der Waals surface area contributed by atoms with Gasteiger partial charge in [0.2, 0.25) is 0 Å². The van der Waals surface area contributed by atoms with Gasteiger partial charge in [-0.1, -0.05) is 30.4 Å². The molecule has 0 radical (unpaired) electrons. The minimum Gasteiger partial charge on any atom is -0.364 e. The van der Waals surface area contributed by atoms with Gasteiger partial charge in [-0.15, -0.1) is 13.2 Å². The Morgan fingerprint density at radius 3 is 2.26 bits per heavy atom. The molecular weight excluding hydrogens is 282 g/mol. The molecule has 3 nitrogen and oxygen atoms in total. The van der Waals surface area contributed by atoms with Crippen LogP contribution in [0.1, 0.15) is 5.56 Å². The molecule has 2 aromatic carbocycles. The number of allylic oxidation sites excluding steroid dienone is 2. The van der Waals surface area contributed by atoms with Crippen LogP contribution >= 0.6 is 0 Å². The van der Waals surface area contributed by atoms with E-state index in [0.717, 1.165) is 35.1 Å². The van der Waals surface area contributed by atoms with E-state index in [1.807, 2.05) is 48.6 Å². The molecule has 0 aliphatic rings. The first-order valence-electron chi connectivity index (χ1n) is 7.24. The zero-order chi connectivity index (χ0) is 16.7. The van der Waals surface area contributed by atoms with E-state index >= 15 is 0 Å². The molecule has 2 aromatic rings. The first-order chi connectivity index (χ1) is 11.2. The summed E-state index contributed by atoms with van der Waals surface area (Å²) in [5.41, 5.74) is 2.22. The van der Waals surface area contributed by atoms with Gasteiger partial charge < -0.3 is 4.90 Å². The molecule has 0 bridgehead atoms. The molecule has 0 fully saturated rings. The zero-order valence-corrected chi connectivity index (χ0v) is 12.9. The maximum absolute atomic E-state index is 9.12. The van der Waals surface area contributed by atoms with Gasteiger partial charge in [-0.3, -0.25) is 0 Å². The average Bonchev–Trinajstić information content (AvgIpc) is 2.58. The quantitative estimate of drug-likeness (QED) is 0.585. The van der Waals surface area contributed by atoms with E-state index in [2.05, 4.69) is 30.2 Å². The number of hydrogen-bond acceptors (Lipinski definition) is 3. The van der Waals surface area contributed by atoms with Crippen LogP contribution in [0.3, 0.4) is 0 Å². The second-order valence-corrected chi connectivity index (χ2v) is 5.03. The van der Waals surface area contributed by atoms with Crippen molar-refractivity contribution < 1.29 is 0 Å². The van der Waals surface area contributed by atoms with Crippen molar-refractivity contribution >= 4 is 22.0 Å². The first kappa shape index (κ1) is 16.1. The number of anilines is 1. The Kier molecular flexibility index (Phi) is 5.34. The summed E-state index contributed by atoms with van der Waals surface area (Å²) >= 11 is 0. The van der Waals surface area contributed by atoms with E-state index in [9.17, 15) is 0 Å². The van der Waals surface area contributed by atoms with Crippen molar-refractivity contribution in [1.82, 2.24) is 0 Å². The number of hydrogen-bond donors (Lipinski definition) is 0. The van der Waals surface area contributed by atoms with Crippen molar-refractivity contribution in [3.05, 3.63) is 73.3 Å². The summed E-state index contributed by atoms with van der Waals surface area (Å²) in [5, 5.41) is 20.0. The Labute approximate surface area is 136 Å². The molecule has 3 heteroatoms. The molecule has 0 heterocycles. The SMILES string of the molecule is C=CCN(CC=C)c1ccc2cc(/C(C#N)=C/C#N)ccc2c1. The topological polar surface area (TPSA) is 50.8 Å². The van der Waals surface area contributed by atoms with Gasteiger partial charge in [0.05, 0.1) is 11.6 Å². The molecule has 0 saturated heterocycles. The van der Waals surface area contributed by atoms with Crippen LogP contribution in [0, 0.1) is 22.7 Å². The van der Waals surface area contributed by atoms with E-state index in [-0.39, 0.29) is 0 Å². The lowest BCUT2D eigenvalue weighted by Gasteiger charge is -2.22. The highest BCUT2D eigenvalue weighted by Crippen LogP contribution is 2.25. The van der Waals surface area contributed by atoms with Crippen LogP contribution in [0.2, 0.25) is 0 Å². The Morgan fingerprint density at radius 2 is 1.65 bits per heavy atom. The van der Waals surface area contributed by atoms with Gasteiger partial charge in [-0.2, -0.15) is 10.5 Å². The summed E-state index contributed by atoms with van der Waals surface area (Å²) in [4.78, 5) is 2.17. The van der Waals surface area contributed by atoms with Crippen molar-refractivity contribution in [1.29, 1.82) is 10.5 Å². The Bertz CT molecular complexity index is 837. The van der Waals surface area contributed by atoms with Crippen molar-refractivity contribution in [3.63, 3.8) is 0 Å². The molecule has 0 spiro atoms. The third kappa shape index (κ3) is 3.67. The molecule has 0 atom stereocenters. The number of rotatable bonds is 6. The molecule has 0 amide bonds. The molecular formula is C20H17N3. The van der Waals surface area contributed by atoms with Gasteiger partial charge in [-0.25, -0.2) is 0 Å². The minimum absolute atomic E-state index is 0.374. The van der Waals surface area contributed by atoms with Gasteiger partial charge in [0.1, 0.15) is 6.07 Å².